The predicted octanol–water partition coefficient (Wildman–Crippen LogP) is 1.97. The Balaban J connectivity index is 2.55. The number of aromatic amines is 1. The summed E-state index contributed by atoms with van der Waals surface area (Å²) >= 11 is 0. The Labute approximate surface area is 95.3 Å². The van der Waals surface area contributed by atoms with Gasteiger partial charge in [0.05, 0.1) is 19.8 Å². The van der Waals surface area contributed by atoms with Gasteiger partial charge in [0, 0.05) is 11.8 Å². The van der Waals surface area contributed by atoms with E-state index < -0.39 is 0 Å². The first-order chi connectivity index (χ1) is 7.75. The topological polar surface area (TPSA) is 24.6 Å². The highest BCUT2D eigenvalue weighted by atomic mass is 15.0. The fourth-order valence-electron chi connectivity index (χ4n) is 1.62. The number of rotatable bonds is 1. The van der Waals surface area contributed by atoms with Gasteiger partial charge < -0.3 is 4.98 Å². The maximum atomic E-state index is 3.28. The number of H-pyrrole nitrogens is 1. The monoisotopic (exact) mass is 214 g/mol. The van der Waals surface area contributed by atoms with E-state index in [2.05, 4.69) is 23.3 Å². The summed E-state index contributed by atoms with van der Waals surface area (Å²) in [5.41, 5.74) is 2.26. The average molecular weight is 214 g/mol. The Morgan fingerprint density at radius 2 is 1.94 bits per heavy atom. The number of aromatic nitrogens is 3. The van der Waals surface area contributed by atoms with Crippen LogP contribution in [0.2, 0.25) is 0 Å². The summed E-state index contributed by atoms with van der Waals surface area (Å²) in [6.45, 7) is 0. The molecule has 0 amide bonds. The summed E-state index contributed by atoms with van der Waals surface area (Å²) in [4.78, 5) is 3.28. The van der Waals surface area contributed by atoms with E-state index in [0.29, 0.717) is 0 Å². The van der Waals surface area contributed by atoms with Crippen molar-refractivity contribution in [2.45, 2.75) is 0 Å². The first-order valence-electron chi connectivity index (χ1n) is 5.25. The molecule has 0 aliphatic carbocycles. The molecule has 82 valence electrons. The van der Waals surface area contributed by atoms with Crippen molar-refractivity contribution in [1.82, 2.24) is 9.55 Å². The lowest BCUT2D eigenvalue weighted by Gasteiger charge is -1.99. The van der Waals surface area contributed by atoms with Crippen molar-refractivity contribution in [3.05, 3.63) is 55.2 Å². The Bertz CT molecular complexity index is 507. The number of hydrogen-bond donors (Lipinski definition) is 1. The fraction of sp³-hybridized carbons (Fsp3) is 0.154. The van der Waals surface area contributed by atoms with Crippen LogP contribution in [0.15, 0.2) is 55.2 Å². The molecule has 0 radical (unpaired) electrons. The summed E-state index contributed by atoms with van der Waals surface area (Å²) in [5.74, 6) is 0. The molecule has 16 heavy (non-hydrogen) atoms. The summed E-state index contributed by atoms with van der Waals surface area (Å²) in [6, 6.07) is 10.3. The van der Waals surface area contributed by atoms with Gasteiger partial charge in [-0.15, -0.1) is 0 Å². The van der Waals surface area contributed by atoms with Crippen LogP contribution >= 0.6 is 0 Å². The van der Waals surface area contributed by atoms with Gasteiger partial charge in [-0.05, 0) is 0 Å². The standard InChI is InChI=1S/C13H16N3/c1-15-9-8-14-13(10-16(2)11-15)12-6-4-3-5-7-12/h3-11,14H,1-2H3/q+1. The van der Waals surface area contributed by atoms with Gasteiger partial charge in [-0.25, -0.2) is 9.13 Å². The Kier molecular flexibility index (Phi) is 3.05. The van der Waals surface area contributed by atoms with E-state index in [4.69, 9.17) is 0 Å². The Morgan fingerprint density at radius 3 is 2.69 bits per heavy atom. The second-order valence-corrected chi connectivity index (χ2v) is 3.82. The molecule has 0 aliphatic heterocycles. The van der Waals surface area contributed by atoms with Gasteiger partial charge in [-0.1, -0.05) is 30.3 Å². The summed E-state index contributed by atoms with van der Waals surface area (Å²) in [7, 11) is 4.01. The van der Waals surface area contributed by atoms with Crippen molar-refractivity contribution in [3.8, 4) is 11.3 Å². The van der Waals surface area contributed by atoms with Crippen LogP contribution in [0, 0.1) is 0 Å². The van der Waals surface area contributed by atoms with Crippen molar-refractivity contribution in [2.75, 3.05) is 0 Å². The largest absolute Gasteiger partial charge is 0.355 e. The van der Waals surface area contributed by atoms with E-state index >= 15 is 0 Å². The number of nitrogens with one attached hydrogen (secondary N) is 1. The van der Waals surface area contributed by atoms with Crippen molar-refractivity contribution in [1.29, 1.82) is 0 Å². The normalized spacial score (nSPS) is 9.88. The average Bonchev–Trinajstić information content (AvgIpc) is 2.26. The highest BCUT2D eigenvalue weighted by Gasteiger charge is 1.97. The molecule has 1 N–H and O–H groups in total. The lowest BCUT2D eigenvalue weighted by atomic mass is 10.2. The summed E-state index contributed by atoms with van der Waals surface area (Å²) in [5, 5.41) is 0. The van der Waals surface area contributed by atoms with Gasteiger partial charge in [-0.2, -0.15) is 0 Å². The lowest BCUT2D eigenvalue weighted by Crippen LogP contribution is -2.28. The summed E-state index contributed by atoms with van der Waals surface area (Å²) in [6.07, 6.45) is 7.99. The molecule has 0 atom stereocenters. The zero-order valence-electron chi connectivity index (χ0n) is 9.59. The first-order valence-corrected chi connectivity index (χ1v) is 5.25. The SMILES string of the molecule is Cn1cc[nH]c(-c2ccccc2)c[n+](C)c1. The van der Waals surface area contributed by atoms with Crippen LogP contribution in [0.4, 0.5) is 0 Å². The molecule has 3 nitrogen and oxygen atoms in total. The molecule has 0 unspecified atom stereocenters. The molecular formula is C13H16N3+. The third-order valence-corrected chi connectivity index (χ3v) is 2.33. The number of benzene rings is 1. The molecule has 1 aromatic heterocycles. The van der Waals surface area contributed by atoms with Gasteiger partial charge >= 0.3 is 0 Å². The van der Waals surface area contributed by atoms with Crippen molar-refractivity contribution in [2.24, 2.45) is 14.1 Å². The van der Waals surface area contributed by atoms with Crippen molar-refractivity contribution < 1.29 is 4.57 Å². The maximum Gasteiger partial charge on any atom is 0.243 e. The first kappa shape index (κ1) is 10.5. The van der Waals surface area contributed by atoms with Crippen LogP contribution in [0.3, 0.4) is 0 Å². The van der Waals surface area contributed by atoms with E-state index in [1.807, 2.05) is 60.1 Å². The second kappa shape index (κ2) is 4.66. The van der Waals surface area contributed by atoms with Gasteiger partial charge in [0.15, 0.2) is 0 Å². The van der Waals surface area contributed by atoms with Crippen LogP contribution in [-0.4, -0.2) is 9.55 Å². The highest BCUT2D eigenvalue weighted by molar-refractivity contribution is 5.56. The zero-order valence-corrected chi connectivity index (χ0v) is 9.59. The molecule has 0 spiro atoms. The van der Waals surface area contributed by atoms with Crippen LogP contribution in [0.5, 0.6) is 0 Å². The van der Waals surface area contributed by atoms with Gasteiger partial charge in [0.1, 0.15) is 12.4 Å². The fourth-order valence-corrected chi connectivity index (χ4v) is 1.62. The minimum absolute atomic E-state index is 1.09. The minimum atomic E-state index is 1.09. The van der Waals surface area contributed by atoms with Gasteiger partial charge in [0.25, 0.3) is 0 Å². The minimum Gasteiger partial charge on any atom is -0.355 e. The smallest absolute Gasteiger partial charge is 0.243 e. The number of hydrogen-bond acceptors (Lipinski definition) is 0. The second-order valence-electron chi connectivity index (χ2n) is 3.82. The van der Waals surface area contributed by atoms with E-state index in [1.54, 1.807) is 0 Å². The van der Waals surface area contributed by atoms with Crippen molar-refractivity contribution >= 4 is 0 Å². The Hall–Kier alpha value is -2.03. The summed E-state index contributed by atoms with van der Waals surface area (Å²) < 4.78 is 4.02. The number of aryl methyl sites for hydroxylation is 2. The lowest BCUT2D eigenvalue weighted by molar-refractivity contribution is -0.674. The third kappa shape index (κ3) is 2.51. The Morgan fingerprint density at radius 1 is 1.19 bits per heavy atom. The zero-order chi connectivity index (χ0) is 11.4. The van der Waals surface area contributed by atoms with E-state index in [1.165, 1.54) is 5.56 Å². The van der Waals surface area contributed by atoms with Crippen LogP contribution in [-0.2, 0) is 14.1 Å². The maximum absolute atomic E-state index is 3.28. The molecular weight excluding hydrogens is 198 g/mol. The quantitative estimate of drug-likeness (QED) is 0.702. The molecule has 1 aromatic carbocycles. The van der Waals surface area contributed by atoms with Crippen LogP contribution < -0.4 is 4.57 Å². The molecule has 0 aliphatic rings. The molecule has 2 rings (SSSR count). The predicted molar refractivity (Wildman–Crippen MR) is 64.0 cm³/mol. The van der Waals surface area contributed by atoms with Crippen molar-refractivity contribution in [3.63, 3.8) is 0 Å². The van der Waals surface area contributed by atoms with E-state index in [9.17, 15) is 0 Å². The molecule has 2 aromatic rings. The number of nitrogens with zero attached hydrogens (tertiary/aromatic N) is 2. The van der Waals surface area contributed by atoms with E-state index in [0.717, 1.165) is 5.69 Å². The molecule has 3 heteroatoms. The third-order valence-electron chi connectivity index (χ3n) is 2.33. The molecule has 1 heterocycles. The molecule has 0 bridgehead atoms. The van der Waals surface area contributed by atoms with Crippen LogP contribution in [0.25, 0.3) is 11.3 Å². The van der Waals surface area contributed by atoms with Crippen LogP contribution in [0.1, 0.15) is 0 Å². The highest BCUT2D eigenvalue weighted by Crippen LogP contribution is 2.12. The molecule has 0 saturated carbocycles. The van der Waals surface area contributed by atoms with Gasteiger partial charge in [0.2, 0.25) is 6.33 Å². The van der Waals surface area contributed by atoms with E-state index in [-0.39, 0.29) is 0 Å². The molecule has 0 fully saturated rings. The molecule has 0 saturated heterocycles. The van der Waals surface area contributed by atoms with Gasteiger partial charge in [-0.3, -0.25) is 0 Å².